The summed E-state index contributed by atoms with van der Waals surface area (Å²) in [4.78, 5) is 0. The Morgan fingerprint density at radius 1 is 1.25 bits per heavy atom. The van der Waals surface area contributed by atoms with Crippen LogP contribution in [0, 0.1) is 0 Å². The van der Waals surface area contributed by atoms with Crippen molar-refractivity contribution in [1.82, 2.24) is 0 Å². The molecule has 1 saturated heterocycles. The first kappa shape index (κ1) is 14.2. The molecule has 5 heteroatoms. The van der Waals surface area contributed by atoms with E-state index in [1.165, 1.54) is 0 Å². The zero-order valence-corrected chi connectivity index (χ0v) is 11.4. The number of ether oxygens (including phenoxy) is 1. The van der Waals surface area contributed by atoms with Crippen LogP contribution in [0.3, 0.4) is 0 Å². The largest absolute Gasteiger partial charge is 0.375 e. The third-order valence-electron chi connectivity index (χ3n) is 2.70. The fourth-order valence-corrected chi connectivity index (χ4v) is 3.68. The quantitative estimate of drug-likeness (QED) is 0.651. The van der Waals surface area contributed by atoms with Gasteiger partial charge in [-0.1, -0.05) is 0 Å². The Labute approximate surface area is 98.2 Å². The minimum Gasteiger partial charge on any atom is -0.375 e. The fourth-order valence-electron chi connectivity index (χ4n) is 1.96. The predicted molar refractivity (Wildman–Crippen MR) is 63.9 cm³/mol. The van der Waals surface area contributed by atoms with Crippen LogP contribution in [0.1, 0.15) is 40.0 Å². The van der Waals surface area contributed by atoms with Crippen molar-refractivity contribution in [2.45, 2.75) is 52.2 Å². The van der Waals surface area contributed by atoms with Gasteiger partial charge in [0.05, 0.1) is 31.6 Å². The second-order valence-corrected chi connectivity index (χ2v) is 6.29. The molecule has 1 aliphatic heterocycles. The summed E-state index contributed by atoms with van der Waals surface area (Å²) in [6.07, 6.45) is 3.94. The second kappa shape index (κ2) is 6.75. The summed E-state index contributed by atoms with van der Waals surface area (Å²) in [5, 5.41) is 0. The summed E-state index contributed by atoms with van der Waals surface area (Å²) >= 11 is 0. The van der Waals surface area contributed by atoms with Crippen LogP contribution in [0.25, 0.3) is 0 Å². The molecule has 0 spiro atoms. The summed E-state index contributed by atoms with van der Waals surface area (Å²) in [7, 11) is -2.87. The van der Waals surface area contributed by atoms with Crippen molar-refractivity contribution in [3.63, 3.8) is 0 Å². The second-order valence-electron chi connectivity index (χ2n) is 4.10. The first-order valence-corrected chi connectivity index (χ1v) is 7.86. The molecule has 4 nitrogen and oxygen atoms in total. The number of rotatable bonds is 7. The van der Waals surface area contributed by atoms with Crippen molar-refractivity contribution < 1.29 is 18.3 Å². The third kappa shape index (κ3) is 4.54. The zero-order valence-electron chi connectivity index (χ0n) is 10.5. The molecule has 96 valence electrons. The molecule has 0 N–H and O–H groups in total. The minimum atomic E-state index is -2.87. The van der Waals surface area contributed by atoms with Gasteiger partial charge in [0.1, 0.15) is 0 Å². The van der Waals surface area contributed by atoms with Gasteiger partial charge in [0, 0.05) is 0 Å². The van der Waals surface area contributed by atoms with Gasteiger partial charge in [0.2, 0.25) is 0 Å². The van der Waals surface area contributed by atoms with Gasteiger partial charge < -0.3 is 13.8 Å². The van der Waals surface area contributed by atoms with E-state index in [1.54, 1.807) is 0 Å². The lowest BCUT2D eigenvalue weighted by molar-refractivity contribution is 0.0531. The van der Waals surface area contributed by atoms with Crippen molar-refractivity contribution in [2.75, 3.05) is 19.4 Å². The highest BCUT2D eigenvalue weighted by Crippen LogP contribution is 2.49. The van der Waals surface area contributed by atoms with E-state index >= 15 is 0 Å². The normalized spacial score (nSPS) is 26.2. The summed E-state index contributed by atoms with van der Waals surface area (Å²) in [6.45, 7) is 6.60. The molecular formula is C11H23O4P. The van der Waals surface area contributed by atoms with E-state index in [-0.39, 0.29) is 6.10 Å². The minimum absolute atomic E-state index is 0.226. The molecule has 2 atom stereocenters. The molecule has 0 aliphatic carbocycles. The van der Waals surface area contributed by atoms with Gasteiger partial charge in [-0.2, -0.15) is 0 Å². The predicted octanol–water partition coefficient (Wildman–Crippen LogP) is 3.21. The molecule has 1 unspecified atom stereocenters. The van der Waals surface area contributed by atoms with Gasteiger partial charge in [0.15, 0.2) is 0 Å². The Balaban J connectivity index is 2.34. The molecule has 0 saturated carbocycles. The van der Waals surface area contributed by atoms with Gasteiger partial charge in [-0.3, -0.25) is 4.57 Å². The standard InChI is InChI=1S/C11H23O4P/c1-4-13-16(12,14-5-2)9-8-11-7-6-10(3)15-11/h10-11H,4-9H2,1-3H3/t10-,11?/m0/s1. The van der Waals surface area contributed by atoms with Crippen LogP contribution in [-0.2, 0) is 18.3 Å². The van der Waals surface area contributed by atoms with Crippen molar-refractivity contribution in [3.8, 4) is 0 Å². The number of hydrogen-bond donors (Lipinski definition) is 0. The Kier molecular flexibility index (Phi) is 5.98. The van der Waals surface area contributed by atoms with E-state index in [9.17, 15) is 4.57 Å². The summed E-state index contributed by atoms with van der Waals surface area (Å²) in [5.74, 6) is 0. The monoisotopic (exact) mass is 250 g/mol. The van der Waals surface area contributed by atoms with Crippen LogP contribution in [0.2, 0.25) is 0 Å². The van der Waals surface area contributed by atoms with Gasteiger partial charge in [-0.05, 0) is 40.0 Å². The van der Waals surface area contributed by atoms with E-state index in [4.69, 9.17) is 13.8 Å². The van der Waals surface area contributed by atoms with Crippen LogP contribution in [0.15, 0.2) is 0 Å². The molecule has 0 aromatic rings. The first-order valence-electron chi connectivity index (χ1n) is 6.13. The van der Waals surface area contributed by atoms with Crippen molar-refractivity contribution in [2.24, 2.45) is 0 Å². The van der Waals surface area contributed by atoms with Crippen LogP contribution in [0.4, 0.5) is 0 Å². The lowest BCUT2D eigenvalue weighted by atomic mass is 10.2. The van der Waals surface area contributed by atoms with Crippen LogP contribution in [-0.4, -0.2) is 31.6 Å². The van der Waals surface area contributed by atoms with Gasteiger partial charge in [0.25, 0.3) is 0 Å². The summed E-state index contributed by atoms with van der Waals surface area (Å²) in [6, 6.07) is 0. The molecule has 0 amide bonds. The maximum absolute atomic E-state index is 12.2. The summed E-state index contributed by atoms with van der Waals surface area (Å²) < 4.78 is 28.3. The molecule has 0 aromatic carbocycles. The molecule has 0 bridgehead atoms. The average molecular weight is 250 g/mol. The maximum Gasteiger partial charge on any atom is 0.330 e. The first-order chi connectivity index (χ1) is 7.59. The van der Waals surface area contributed by atoms with Crippen LogP contribution < -0.4 is 0 Å². The topological polar surface area (TPSA) is 44.8 Å². The molecule has 1 aliphatic rings. The van der Waals surface area contributed by atoms with Gasteiger partial charge in [-0.15, -0.1) is 0 Å². The molecule has 1 heterocycles. The van der Waals surface area contributed by atoms with Gasteiger partial charge in [-0.25, -0.2) is 0 Å². The molecule has 0 radical (unpaired) electrons. The SMILES string of the molecule is CCOP(=O)(CCC1CC[C@H](C)O1)OCC. The molecule has 1 rings (SSSR count). The van der Waals surface area contributed by atoms with Crippen LogP contribution >= 0.6 is 7.60 Å². The molecule has 16 heavy (non-hydrogen) atoms. The highest BCUT2D eigenvalue weighted by atomic mass is 31.2. The zero-order chi connectivity index (χ0) is 12.0. The van der Waals surface area contributed by atoms with E-state index in [0.29, 0.717) is 25.5 Å². The highest BCUT2D eigenvalue weighted by molar-refractivity contribution is 7.53. The number of hydrogen-bond acceptors (Lipinski definition) is 4. The van der Waals surface area contributed by atoms with E-state index in [2.05, 4.69) is 6.92 Å². The lowest BCUT2D eigenvalue weighted by Gasteiger charge is -2.18. The Hall–Kier alpha value is 0.110. The highest BCUT2D eigenvalue weighted by Gasteiger charge is 2.28. The molecule has 1 fully saturated rings. The van der Waals surface area contributed by atoms with Crippen molar-refractivity contribution >= 4 is 7.60 Å². The lowest BCUT2D eigenvalue weighted by Crippen LogP contribution is -2.11. The maximum atomic E-state index is 12.2. The smallest absolute Gasteiger partial charge is 0.330 e. The Bertz CT molecular complexity index is 234. The van der Waals surface area contributed by atoms with E-state index in [1.807, 2.05) is 13.8 Å². The average Bonchev–Trinajstić information content (AvgIpc) is 2.62. The van der Waals surface area contributed by atoms with Crippen molar-refractivity contribution in [3.05, 3.63) is 0 Å². The van der Waals surface area contributed by atoms with E-state index in [0.717, 1.165) is 19.3 Å². The summed E-state index contributed by atoms with van der Waals surface area (Å²) in [5.41, 5.74) is 0. The van der Waals surface area contributed by atoms with Gasteiger partial charge >= 0.3 is 7.60 Å². The molecular weight excluding hydrogens is 227 g/mol. The van der Waals surface area contributed by atoms with Crippen LogP contribution in [0.5, 0.6) is 0 Å². The fraction of sp³-hybridized carbons (Fsp3) is 1.00. The molecule has 0 aromatic heterocycles. The third-order valence-corrected chi connectivity index (χ3v) is 4.81. The Morgan fingerprint density at radius 2 is 1.88 bits per heavy atom. The Morgan fingerprint density at radius 3 is 2.31 bits per heavy atom. The van der Waals surface area contributed by atoms with E-state index < -0.39 is 7.60 Å². The van der Waals surface area contributed by atoms with Crippen molar-refractivity contribution in [1.29, 1.82) is 0 Å².